The number of nitrogens with one attached hydrogen (secondary N) is 1. The highest BCUT2D eigenvalue weighted by atomic mass is 32.2. The monoisotopic (exact) mass is 497 g/mol. The van der Waals surface area contributed by atoms with Crippen molar-refractivity contribution in [3.8, 4) is 11.8 Å². The predicted octanol–water partition coefficient (Wildman–Crippen LogP) is 6.34. The van der Waals surface area contributed by atoms with Crippen LogP contribution in [-0.2, 0) is 16.4 Å². The molecule has 0 bridgehead atoms. The Labute approximate surface area is 212 Å². The highest BCUT2D eigenvalue weighted by Gasteiger charge is 2.23. The Kier molecular flexibility index (Phi) is 7.09. The van der Waals surface area contributed by atoms with Crippen molar-refractivity contribution in [2.24, 2.45) is 0 Å². The topological polar surface area (TPSA) is 92.1 Å². The van der Waals surface area contributed by atoms with Crippen LogP contribution in [-0.4, -0.2) is 13.4 Å². The summed E-state index contributed by atoms with van der Waals surface area (Å²) in [6, 6.07) is 23.0. The Morgan fingerprint density at radius 1 is 0.917 bits per heavy atom. The van der Waals surface area contributed by atoms with Gasteiger partial charge in [-0.05, 0) is 92.9 Å². The fraction of sp³-hybridized carbons (Fsp3) is 0.172. The molecule has 0 fully saturated rings. The van der Waals surface area contributed by atoms with E-state index in [1.54, 1.807) is 42.5 Å². The van der Waals surface area contributed by atoms with Crippen LogP contribution >= 0.6 is 0 Å². The number of pyridine rings is 1. The van der Waals surface area contributed by atoms with Crippen LogP contribution in [0.15, 0.2) is 82.6 Å². The molecule has 0 radical (unpaired) electrons. The maximum Gasteiger partial charge on any atom is 0.210 e. The van der Waals surface area contributed by atoms with Gasteiger partial charge in [-0.1, -0.05) is 29.8 Å². The van der Waals surface area contributed by atoms with Crippen LogP contribution in [0.1, 0.15) is 33.5 Å². The van der Waals surface area contributed by atoms with Crippen LogP contribution in [0.2, 0.25) is 0 Å². The average molecular weight is 498 g/mol. The van der Waals surface area contributed by atoms with Crippen LogP contribution in [0.3, 0.4) is 0 Å². The van der Waals surface area contributed by atoms with Gasteiger partial charge in [0.25, 0.3) is 0 Å². The summed E-state index contributed by atoms with van der Waals surface area (Å²) in [5.41, 5.74) is 6.14. The number of nitriles is 1. The molecule has 0 aliphatic heterocycles. The van der Waals surface area contributed by atoms with E-state index in [4.69, 9.17) is 10.00 Å². The SMILES string of the molecule is Cc1cc(C)c(Nc2nc(C)ccc2S(=O)(=O)c2ccc(OCc3cccc(C#N)c3)cc2)c(C)c1. The Morgan fingerprint density at radius 2 is 1.61 bits per heavy atom. The van der Waals surface area contributed by atoms with Gasteiger partial charge >= 0.3 is 0 Å². The van der Waals surface area contributed by atoms with Crippen LogP contribution in [0.25, 0.3) is 0 Å². The number of anilines is 2. The van der Waals surface area contributed by atoms with Crippen molar-refractivity contribution in [2.75, 3.05) is 5.32 Å². The van der Waals surface area contributed by atoms with E-state index in [1.165, 1.54) is 12.1 Å². The first-order valence-electron chi connectivity index (χ1n) is 11.5. The largest absolute Gasteiger partial charge is 0.489 e. The molecule has 4 rings (SSSR count). The van der Waals surface area contributed by atoms with Crippen LogP contribution in [0, 0.1) is 39.0 Å². The van der Waals surface area contributed by atoms with Crippen molar-refractivity contribution in [2.45, 2.75) is 44.1 Å². The Bertz CT molecular complexity index is 1550. The molecule has 0 spiro atoms. The van der Waals surface area contributed by atoms with Crippen molar-refractivity contribution in [1.29, 1.82) is 5.26 Å². The van der Waals surface area contributed by atoms with Gasteiger partial charge in [-0.15, -0.1) is 0 Å². The number of aromatic nitrogens is 1. The third kappa shape index (κ3) is 5.40. The fourth-order valence-electron chi connectivity index (χ4n) is 4.09. The summed E-state index contributed by atoms with van der Waals surface area (Å²) in [6.07, 6.45) is 0. The summed E-state index contributed by atoms with van der Waals surface area (Å²) in [7, 11) is -3.85. The summed E-state index contributed by atoms with van der Waals surface area (Å²) in [5.74, 6) is 0.824. The molecule has 0 aliphatic carbocycles. The molecular formula is C29H27N3O3S. The first-order chi connectivity index (χ1) is 17.2. The molecule has 1 heterocycles. The van der Waals surface area contributed by atoms with Gasteiger partial charge in [0, 0.05) is 11.4 Å². The zero-order valence-electron chi connectivity index (χ0n) is 20.7. The van der Waals surface area contributed by atoms with Crippen LogP contribution < -0.4 is 10.1 Å². The minimum atomic E-state index is -3.85. The second-order valence-corrected chi connectivity index (χ2v) is 10.7. The van der Waals surface area contributed by atoms with E-state index in [0.717, 1.165) is 27.9 Å². The molecule has 0 unspecified atom stereocenters. The van der Waals surface area contributed by atoms with E-state index < -0.39 is 9.84 Å². The molecule has 7 heteroatoms. The number of benzene rings is 3. The summed E-state index contributed by atoms with van der Waals surface area (Å²) in [4.78, 5) is 4.77. The molecule has 36 heavy (non-hydrogen) atoms. The van der Waals surface area contributed by atoms with Gasteiger partial charge in [-0.2, -0.15) is 5.26 Å². The number of aryl methyl sites for hydroxylation is 4. The molecule has 0 saturated heterocycles. The first kappa shape index (κ1) is 25.0. The highest BCUT2D eigenvalue weighted by Crippen LogP contribution is 2.32. The molecule has 1 aromatic heterocycles. The molecule has 3 aromatic carbocycles. The van der Waals surface area contributed by atoms with Crippen molar-refractivity contribution in [1.82, 2.24) is 4.98 Å². The lowest BCUT2D eigenvalue weighted by Crippen LogP contribution is -2.09. The minimum absolute atomic E-state index is 0.106. The third-order valence-electron chi connectivity index (χ3n) is 5.80. The summed E-state index contributed by atoms with van der Waals surface area (Å²) >= 11 is 0. The molecule has 0 atom stereocenters. The maximum absolute atomic E-state index is 13.6. The number of nitrogens with zero attached hydrogens (tertiary/aromatic N) is 2. The maximum atomic E-state index is 13.6. The average Bonchev–Trinajstić information content (AvgIpc) is 2.85. The number of sulfone groups is 1. The number of hydrogen-bond acceptors (Lipinski definition) is 6. The Morgan fingerprint density at radius 3 is 2.28 bits per heavy atom. The first-order valence-corrected chi connectivity index (χ1v) is 13.0. The van der Waals surface area contributed by atoms with Gasteiger partial charge in [0.05, 0.1) is 16.5 Å². The minimum Gasteiger partial charge on any atom is -0.489 e. The van der Waals surface area contributed by atoms with Crippen molar-refractivity contribution < 1.29 is 13.2 Å². The van der Waals surface area contributed by atoms with E-state index in [-0.39, 0.29) is 16.4 Å². The molecule has 0 saturated carbocycles. The van der Waals surface area contributed by atoms with E-state index in [2.05, 4.69) is 28.5 Å². The molecule has 1 N–H and O–H groups in total. The third-order valence-corrected chi connectivity index (χ3v) is 7.60. The second-order valence-electron chi connectivity index (χ2n) is 8.77. The van der Waals surface area contributed by atoms with Crippen molar-refractivity contribution in [3.05, 3.63) is 106 Å². The van der Waals surface area contributed by atoms with Crippen molar-refractivity contribution >= 4 is 21.3 Å². The number of ether oxygens (including phenoxy) is 1. The van der Waals surface area contributed by atoms with Gasteiger partial charge in [0.1, 0.15) is 23.1 Å². The molecule has 0 aliphatic rings. The molecule has 0 amide bonds. The summed E-state index contributed by atoms with van der Waals surface area (Å²) < 4.78 is 33.0. The quantitative estimate of drug-likeness (QED) is 0.320. The van der Waals surface area contributed by atoms with E-state index in [9.17, 15) is 8.42 Å². The van der Waals surface area contributed by atoms with Crippen LogP contribution in [0.4, 0.5) is 11.5 Å². The summed E-state index contributed by atoms with van der Waals surface area (Å²) in [6.45, 7) is 8.10. The van der Waals surface area contributed by atoms with Gasteiger partial charge in [0.15, 0.2) is 0 Å². The van der Waals surface area contributed by atoms with E-state index in [0.29, 0.717) is 22.8 Å². The lowest BCUT2D eigenvalue weighted by atomic mass is 10.1. The Hall–Kier alpha value is -4.15. The van der Waals surface area contributed by atoms with Gasteiger partial charge < -0.3 is 10.1 Å². The zero-order chi connectivity index (χ0) is 25.9. The van der Waals surface area contributed by atoms with Gasteiger partial charge in [-0.3, -0.25) is 0 Å². The fourth-order valence-corrected chi connectivity index (χ4v) is 5.43. The highest BCUT2D eigenvalue weighted by molar-refractivity contribution is 7.91. The van der Waals surface area contributed by atoms with Gasteiger partial charge in [0.2, 0.25) is 9.84 Å². The summed E-state index contributed by atoms with van der Waals surface area (Å²) in [5, 5.41) is 12.3. The van der Waals surface area contributed by atoms with Gasteiger partial charge in [-0.25, -0.2) is 13.4 Å². The van der Waals surface area contributed by atoms with E-state index >= 15 is 0 Å². The molecule has 6 nitrogen and oxygen atoms in total. The predicted molar refractivity (Wildman–Crippen MR) is 140 cm³/mol. The molecule has 182 valence electrons. The lowest BCUT2D eigenvalue weighted by molar-refractivity contribution is 0.306. The normalized spacial score (nSPS) is 11.1. The zero-order valence-corrected chi connectivity index (χ0v) is 21.5. The molecular weight excluding hydrogens is 470 g/mol. The smallest absolute Gasteiger partial charge is 0.210 e. The number of rotatable bonds is 7. The molecule has 4 aromatic rings. The lowest BCUT2D eigenvalue weighted by Gasteiger charge is -2.17. The Balaban J connectivity index is 1.60. The van der Waals surface area contributed by atoms with Crippen molar-refractivity contribution in [3.63, 3.8) is 0 Å². The standard InChI is InChI=1S/C29H27N3O3S/c1-19-14-20(2)28(21(3)15-19)32-29-27(13-8-22(4)31-29)36(33,34)26-11-9-25(10-12-26)35-18-24-7-5-6-23(16-24)17-30/h5-16H,18H2,1-4H3,(H,31,32). The van der Waals surface area contributed by atoms with Crippen LogP contribution in [0.5, 0.6) is 5.75 Å². The van der Waals surface area contributed by atoms with E-state index in [1.807, 2.05) is 33.8 Å². The number of hydrogen-bond donors (Lipinski definition) is 1. The second kappa shape index (κ2) is 10.2.